The van der Waals surface area contributed by atoms with E-state index in [1.54, 1.807) is 0 Å². The van der Waals surface area contributed by atoms with Gasteiger partial charge in [-0.2, -0.15) is 0 Å². The van der Waals surface area contributed by atoms with Crippen molar-refractivity contribution in [3.05, 3.63) is 46.6 Å². The maximum Gasteiger partial charge on any atom is 0.223 e. The number of hydrogen-bond acceptors (Lipinski definition) is 3. The van der Waals surface area contributed by atoms with E-state index in [0.717, 1.165) is 41.3 Å². The molecule has 0 aliphatic carbocycles. The van der Waals surface area contributed by atoms with E-state index in [1.807, 2.05) is 19.1 Å². The van der Waals surface area contributed by atoms with Crippen molar-refractivity contribution < 1.29 is 9.47 Å². The summed E-state index contributed by atoms with van der Waals surface area (Å²) in [5, 5.41) is 0. The third kappa shape index (κ3) is 4.98. The number of benzene rings is 1. The molecule has 0 fully saturated rings. The second kappa shape index (κ2) is 8.00. The molecule has 0 N–H and O–H groups in total. The van der Waals surface area contributed by atoms with E-state index in [1.165, 1.54) is 18.4 Å². The topological polar surface area (TPSA) is 31.4 Å². The van der Waals surface area contributed by atoms with E-state index in [9.17, 15) is 0 Å². The zero-order valence-corrected chi connectivity index (χ0v) is 14.9. The Morgan fingerprint density at radius 2 is 1.61 bits per heavy atom. The molecule has 0 unspecified atom stereocenters. The van der Waals surface area contributed by atoms with E-state index in [-0.39, 0.29) is 0 Å². The van der Waals surface area contributed by atoms with Crippen LogP contribution in [0.2, 0.25) is 0 Å². The Morgan fingerprint density at radius 3 is 2.26 bits per heavy atom. The quantitative estimate of drug-likeness (QED) is 0.616. The molecule has 2 rings (SSSR count). The molecule has 1 aromatic heterocycles. The molecule has 3 nitrogen and oxygen atoms in total. The Morgan fingerprint density at radius 1 is 0.913 bits per heavy atom. The molecular weight excluding hydrogens is 286 g/mol. The lowest BCUT2D eigenvalue weighted by molar-refractivity contribution is 0.303. The van der Waals surface area contributed by atoms with Crippen LogP contribution in [0.1, 0.15) is 48.6 Å². The van der Waals surface area contributed by atoms with E-state index >= 15 is 0 Å². The number of aromatic nitrogens is 1. The van der Waals surface area contributed by atoms with Crippen molar-refractivity contribution in [2.75, 3.05) is 6.61 Å². The van der Waals surface area contributed by atoms with E-state index in [2.05, 4.69) is 44.8 Å². The second-order valence-electron chi connectivity index (χ2n) is 6.17. The summed E-state index contributed by atoms with van der Waals surface area (Å²) in [6.07, 6.45) is 3.46. The van der Waals surface area contributed by atoms with Gasteiger partial charge >= 0.3 is 0 Å². The Bertz CT molecular complexity index is 642. The maximum atomic E-state index is 6.05. The van der Waals surface area contributed by atoms with E-state index in [0.29, 0.717) is 5.88 Å². The Balaban J connectivity index is 2.15. The van der Waals surface area contributed by atoms with Crippen molar-refractivity contribution in [1.82, 2.24) is 4.98 Å². The highest BCUT2D eigenvalue weighted by Gasteiger charge is 2.09. The van der Waals surface area contributed by atoms with Crippen molar-refractivity contribution in [2.45, 2.75) is 53.9 Å². The minimum absolute atomic E-state index is 0.588. The Hall–Kier alpha value is -2.03. The number of rotatable bonds is 7. The van der Waals surface area contributed by atoms with Gasteiger partial charge in [-0.15, -0.1) is 0 Å². The molecule has 0 aliphatic heterocycles. The summed E-state index contributed by atoms with van der Waals surface area (Å²) in [5.74, 6) is 2.29. The minimum atomic E-state index is 0.588. The predicted octanol–water partition coefficient (Wildman–Crippen LogP) is 5.68. The van der Waals surface area contributed by atoms with Gasteiger partial charge in [0.1, 0.15) is 11.5 Å². The Kier molecular flexibility index (Phi) is 6.03. The van der Waals surface area contributed by atoms with Crippen LogP contribution in [-0.4, -0.2) is 11.6 Å². The third-order valence-electron chi connectivity index (χ3n) is 3.73. The smallest absolute Gasteiger partial charge is 0.223 e. The highest BCUT2D eigenvalue weighted by molar-refractivity contribution is 5.45. The van der Waals surface area contributed by atoms with Crippen LogP contribution in [0, 0.1) is 27.7 Å². The van der Waals surface area contributed by atoms with Gasteiger partial charge in [0, 0.05) is 17.8 Å². The van der Waals surface area contributed by atoms with Gasteiger partial charge in [-0.3, -0.25) is 0 Å². The highest BCUT2D eigenvalue weighted by atomic mass is 16.5. The van der Waals surface area contributed by atoms with E-state index in [4.69, 9.17) is 9.47 Å². The van der Waals surface area contributed by atoms with Crippen LogP contribution in [0.25, 0.3) is 0 Å². The molecule has 0 aliphatic rings. The molecule has 3 heteroatoms. The van der Waals surface area contributed by atoms with Crippen LogP contribution in [0.3, 0.4) is 0 Å². The normalized spacial score (nSPS) is 10.7. The number of ether oxygens (including phenoxy) is 2. The summed E-state index contributed by atoms with van der Waals surface area (Å²) in [6, 6.07) is 8.08. The fraction of sp³-hybridized carbons (Fsp3) is 0.450. The lowest BCUT2D eigenvalue weighted by atomic mass is 10.1. The lowest BCUT2D eigenvalue weighted by Crippen LogP contribution is -2.00. The zero-order chi connectivity index (χ0) is 16.8. The standard InChI is InChI=1S/C20H27NO2/c1-6-7-8-9-22-18-12-17(5)21-19(13-18)23-20-15(3)10-14(2)11-16(20)4/h10-13H,6-9H2,1-5H3. The fourth-order valence-electron chi connectivity index (χ4n) is 2.72. The summed E-state index contributed by atoms with van der Waals surface area (Å²) in [7, 11) is 0. The van der Waals surface area contributed by atoms with Gasteiger partial charge in [-0.1, -0.05) is 37.5 Å². The maximum absolute atomic E-state index is 6.05. The first-order valence-electron chi connectivity index (χ1n) is 8.36. The number of nitrogens with zero attached hydrogens (tertiary/aromatic N) is 1. The first-order valence-corrected chi connectivity index (χ1v) is 8.36. The molecule has 0 saturated carbocycles. The van der Waals surface area contributed by atoms with Gasteiger partial charge in [0.05, 0.1) is 6.61 Å². The average molecular weight is 313 g/mol. The number of aryl methyl sites for hydroxylation is 4. The van der Waals surface area contributed by atoms with Crippen LogP contribution in [0.5, 0.6) is 17.4 Å². The van der Waals surface area contributed by atoms with Gasteiger partial charge in [0.15, 0.2) is 0 Å². The van der Waals surface area contributed by atoms with E-state index < -0.39 is 0 Å². The molecule has 1 aromatic carbocycles. The Labute approximate surface area is 139 Å². The molecule has 0 bridgehead atoms. The van der Waals surface area contributed by atoms with Gasteiger partial charge in [0.2, 0.25) is 5.88 Å². The van der Waals surface area contributed by atoms with Crippen molar-refractivity contribution in [1.29, 1.82) is 0 Å². The van der Waals surface area contributed by atoms with Gasteiger partial charge in [0.25, 0.3) is 0 Å². The van der Waals surface area contributed by atoms with Gasteiger partial charge < -0.3 is 9.47 Å². The van der Waals surface area contributed by atoms with Crippen molar-refractivity contribution in [2.24, 2.45) is 0 Å². The molecule has 0 spiro atoms. The molecule has 0 radical (unpaired) electrons. The monoisotopic (exact) mass is 313 g/mol. The summed E-state index contributed by atoms with van der Waals surface area (Å²) in [5.41, 5.74) is 4.38. The predicted molar refractivity (Wildman–Crippen MR) is 94.7 cm³/mol. The second-order valence-corrected chi connectivity index (χ2v) is 6.17. The third-order valence-corrected chi connectivity index (χ3v) is 3.73. The molecule has 0 amide bonds. The van der Waals surface area contributed by atoms with Crippen LogP contribution < -0.4 is 9.47 Å². The molecule has 124 valence electrons. The van der Waals surface area contributed by atoms with Crippen LogP contribution in [0.15, 0.2) is 24.3 Å². The van der Waals surface area contributed by atoms with Crippen LogP contribution >= 0.6 is 0 Å². The van der Waals surface area contributed by atoms with Crippen LogP contribution in [0.4, 0.5) is 0 Å². The molecule has 1 heterocycles. The van der Waals surface area contributed by atoms with Crippen molar-refractivity contribution in [3.8, 4) is 17.4 Å². The molecule has 2 aromatic rings. The molecular formula is C20H27NO2. The minimum Gasteiger partial charge on any atom is -0.493 e. The zero-order valence-electron chi connectivity index (χ0n) is 14.9. The van der Waals surface area contributed by atoms with Crippen molar-refractivity contribution >= 4 is 0 Å². The largest absolute Gasteiger partial charge is 0.493 e. The highest BCUT2D eigenvalue weighted by Crippen LogP contribution is 2.30. The number of pyridine rings is 1. The van der Waals surface area contributed by atoms with Gasteiger partial charge in [-0.05, 0) is 45.2 Å². The summed E-state index contributed by atoms with van der Waals surface area (Å²) >= 11 is 0. The number of hydrogen-bond donors (Lipinski definition) is 0. The first-order chi connectivity index (χ1) is 11.0. The first kappa shape index (κ1) is 17.3. The fourth-order valence-corrected chi connectivity index (χ4v) is 2.72. The molecule has 23 heavy (non-hydrogen) atoms. The summed E-state index contributed by atoms with van der Waals surface area (Å²) in [4.78, 5) is 4.48. The van der Waals surface area contributed by atoms with Crippen molar-refractivity contribution in [3.63, 3.8) is 0 Å². The average Bonchev–Trinajstić information content (AvgIpc) is 2.47. The summed E-state index contributed by atoms with van der Waals surface area (Å²) in [6.45, 7) is 11.1. The summed E-state index contributed by atoms with van der Waals surface area (Å²) < 4.78 is 11.9. The molecule has 0 saturated heterocycles. The lowest BCUT2D eigenvalue weighted by Gasteiger charge is -2.14. The van der Waals surface area contributed by atoms with Crippen LogP contribution in [-0.2, 0) is 0 Å². The van der Waals surface area contributed by atoms with Gasteiger partial charge in [-0.25, -0.2) is 4.98 Å². The molecule has 0 atom stereocenters. The SMILES string of the molecule is CCCCCOc1cc(C)nc(Oc2c(C)cc(C)cc2C)c1. The number of unbranched alkanes of at least 4 members (excludes halogenated alkanes) is 2.